The molecule has 0 aliphatic carbocycles. The van der Waals surface area contributed by atoms with Gasteiger partial charge in [-0.15, -0.1) is 5.10 Å². The topological polar surface area (TPSA) is 88.9 Å². The lowest BCUT2D eigenvalue weighted by molar-refractivity contribution is 0.153. The highest BCUT2D eigenvalue weighted by atomic mass is 16.5. The number of hydrogen-bond acceptors (Lipinski definition) is 6. The summed E-state index contributed by atoms with van der Waals surface area (Å²) in [5, 5.41) is 13.7. The van der Waals surface area contributed by atoms with E-state index >= 15 is 0 Å². The predicted molar refractivity (Wildman–Crippen MR) is 142 cm³/mol. The van der Waals surface area contributed by atoms with Gasteiger partial charge in [0, 0.05) is 29.6 Å². The molecule has 0 saturated heterocycles. The fourth-order valence-electron chi connectivity index (χ4n) is 4.51. The van der Waals surface area contributed by atoms with E-state index in [4.69, 9.17) is 4.74 Å². The highest BCUT2D eigenvalue weighted by molar-refractivity contribution is 5.80. The average Bonchev–Trinajstić information content (AvgIpc) is 3.32. The van der Waals surface area contributed by atoms with E-state index in [0.717, 1.165) is 28.9 Å². The number of fused-ring (bicyclic) bond motifs is 1. The Labute approximate surface area is 212 Å². The van der Waals surface area contributed by atoms with Crippen LogP contribution in [0.2, 0.25) is 0 Å². The van der Waals surface area contributed by atoms with Crippen LogP contribution in [0.3, 0.4) is 0 Å². The van der Waals surface area contributed by atoms with E-state index in [-0.39, 0.29) is 17.1 Å². The number of pyridine rings is 1. The molecular formula is C28H36N6O2. The first kappa shape index (κ1) is 25.6. The normalized spacial score (nSPS) is 12.9. The van der Waals surface area contributed by atoms with Crippen molar-refractivity contribution in [2.24, 2.45) is 0 Å². The molecule has 190 valence electrons. The number of aromatic amines is 1. The van der Waals surface area contributed by atoms with E-state index in [9.17, 15) is 4.79 Å². The maximum absolute atomic E-state index is 13.1. The quantitative estimate of drug-likeness (QED) is 0.351. The van der Waals surface area contributed by atoms with Crippen LogP contribution in [-0.4, -0.2) is 36.7 Å². The second-order valence-corrected chi connectivity index (χ2v) is 10.2. The van der Waals surface area contributed by atoms with Crippen molar-refractivity contribution >= 4 is 10.9 Å². The number of tetrazole rings is 1. The summed E-state index contributed by atoms with van der Waals surface area (Å²) in [5.41, 5.74) is 3.51. The number of ether oxygens (including phenoxy) is 1. The van der Waals surface area contributed by atoms with Gasteiger partial charge in [0.2, 0.25) is 0 Å². The lowest BCUT2D eigenvalue weighted by atomic mass is 10.0. The molecular weight excluding hydrogens is 452 g/mol. The Hall–Kier alpha value is -3.52. The summed E-state index contributed by atoms with van der Waals surface area (Å²) in [7, 11) is 0. The van der Waals surface area contributed by atoms with Gasteiger partial charge < -0.3 is 9.72 Å². The molecule has 0 aliphatic rings. The first-order chi connectivity index (χ1) is 17.2. The molecule has 8 heteroatoms. The van der Waals surface area contributed by atoms with E-state index in [1.807, 2.05) is 35.9 Å². The molecule has 1 unspecified atom stereocenters. The molecule has 0 bridgehead atoms. The molecule has 1 atom stereocenters. The first-order valence-electron chi connectivity index (χ1n) is 12.6. The van der Waals surface area contributed by atoms with E-state index in [2.05, 4.69) is 84.3 Å². The van der Waals surface area contributed by atoms with Crippen LogP contribution in [0.4, 0.5) is 0 Å². The maximum Gasteiger partial charge on any atom is 0.252 e. The molecule has 0 fully saturated rings. The fraction of sp³-hybridized carbons (Fsp3) is 0.429. The molecule has 36 heavy (non-hydrogen) atoms. The summed E-state index contributed by atoms with van der Waals surface area (Å²) in [6.45, 7) is 14.1. The molecule has 8 nitrogen and oxygen atoms in total. The number of rotatable bonds is 9. The van der Waals surface area contributed by atoms with Crippen molar-refractivity contribution in [1.82, 2.24) is 30.1 Å². The molecule has 0 aliphatic heterocycles. The summed E-state index contributed by atoms with van der Waals surface area (Å²) < 4.78 is 7.57. The highest BCUT2D eigenvalue weighted by Crippen LogP contribution is 2.29. The highest BCUT2D eigenvalue weighted by Gasteiger charge is 2.29. The number of nitrogens with zero attached hydrogens (tertiary/aromatic N) is 5. The van der Waals surface area contributed by atoms with Crippen molar-refractivity contribution in [3.05, 3.63) is 81.4 Å². The zero-order valence-electron chi connectivity index (χ0n) is 22.1. The van der Waals surface area contributed by atoms with Gasteiger partial charge in [-0.1, -0.05) is 36.8 Å². The Morgan fingerprint density at radius 2 is 1.81 bits per heavy atom. The number of aromatic nitrogens is 5. The second-order valence-electron chi connectivity index (χ2n) is 10.2. The molecule has 2 aromatic carbocycles. The molecule has 1 N–H and O–H groups in total. The summed E-state index contributed by atoms with van der Waals surface area (Å²) in [6, 6.07) is 16.1. The lowest BCUT2D eigenvalue weighted by Gasteiger charge is -2.32. The van der Waals surface area contributed by atoms with Crippen LogP contribution in [0.5, 0.6) is 5.75 Å². The molecule has 0 saturated carbocycles. The van der Waals surface area contributed by atoms with Crippen molar-refractivity contribution < 1.29 is 4.74 Å². The number of H-pyrrole nitrogens is 1. The minimum Gasteiger partial charge on any atom is -0.494 e. The van der Waals surface area contributed by atoms with Gasteiger partial charge in [-0.05, 0) is 81.3 Å². The molecule has 0 radical (unpaired) electrons. The standard InChI is InChI=1S/C28H36N6O2/c1-7-25(26-30-31-32-34(26)28(4,5)6)33(17-20-11-9-19(3)10-12-20)18-22-15-21-16-23(36-8-2)13-14-24(21)29-27(22)35/h9-16,25H,7-8,17-18H2,1-6H3,(H,29,35). The van der Waals surface area contributed by atoms with Gasteiger partial charge in [0.15, 0.2) is 5.82 Å². The van der Waals surface area contributed by atoms with Gasteiger partial charge in [-0.3, -0.25) is 9.69 Å². The summed E-state index contributed by atoms with van der Waals surface area (Å²) in [5.74, 6) is 1.59. The molecule has 4 aromatic rings. The smallest absolute Gasteiger partial charge is 0.252 e. The number of aryl methyl sites for hydroxylation is 1. The molecule has 0 amide bonds. The molecule has 2 heterocycles. The average molecular weight is 489 g/mol. The predicted octanol–water partition coefficient (Wildman–Crippen LogP) is 5.13. The van der Waals surface area contributed by atoms with Gasteiger partial charge in [-0.25, -0.2) is 4.68 Å². The maximum atomic E-state index is 13.1. The van der Waals surface area contributed by atoms with Gasteiger partial charge in [0.1, 0.15) is 5.75 Å². The van der Waals surface area contributed by atoms with Crippen LogP contribution < -0.4 is 10.3 Å². The van der Waals surface area contributed by atoms with Crippen LogP contribution in [0.1, 0.15) is 69.6 Å². The van der Waals surface area contributed by atoms with Gasteiger partial charge in [0.25, 0.3) is 5.56 Å². The first-order valence-corrected chi connectivity index (χ1v) is 12.6. The van der Waals surface area contributed by atoms with Crippen molar-refractivity contribution in [1.29, 1.82) is 0 Å². The summed E-state index contributed by atoms with van der Waals surface area (Å²) >= 11 is 0. The van der Waals surface area contributed by atoms with E-state index in [0.29, 0.717) is 25.3 Å². The minimum atomic E-state index is -0.266. The Kier molecular flexibility index (Phi) is 7.54. The Bertz CT molecular complexity index is 1370. The number of nitrogens with one attached hydrogen (secondary N) is 1. The van der Waals surface area contributed by atoms with Crippen molar-refractivity contribution in [3.63, 3.8) is 0 Å². The number of benzene rings is 2. The Balaban J connectivity index is 1.76. The van der Waals surface area contributed by atoms with Crippen LogP contribution in [0, 0.1) is 6.92 Å². The van der Waals surface area contributed by atoms with Crippen molar-refractivity contribution in [3.8, 4) is 5.75 Å². The van der Waals surface area contributed by atoms with E-state index in [1.54, 1.807) is 0 Å². The summed E-state index contributed by atoms with van der Waals surface area (Å²) in [4.78, 5) is 18.5. The van der Waals surface area contributed by atoms with Crippen LogP contribution >= 0.6 is 0 Å². The second kappa shape index (κ2) is 10.6. The lowest BCUT2D eigenvalue weighted by Crippen LogP contribution is -2.35. The largest absolute Gasteiger partial charge is 0.494 e. The van der Waals surface area contributed by atoms with Gasteiger partial charge in [0.05, 0.1) is 18.2 Å². The zero-order chi connectivity index (χ0) is 25.9. The molecule has 0 spiro atoms. The molecule has 2 aromatic heterocycles. The monoisotopic (exact) mass is 488 g/mol. The van der Waals surface area contributed by atoms with E-state index < -0.39 is 0 Å². The molecule has 4 rings (SSSR count). The van der Waals surface area contributed by atoms with Crippen molar-refractivity contribution in [2.75, 3.05) is 6.61 Å². The third kappa shape index (κ3) is 5.65. The van der Waals surface area contributed by atoms with Crippen molar-refractivity contribution in [2.45, 2.75) is 72.6 Å². The number of hydrogen-bond donors (Lipinski definition) is 1. The SMILES string of the molecule is CCOc1ccc2[nH]c(=O)c(CN(Cc3ccc(C)cc3)C(CC)c3nnnn3C(C)(C)C)cc2c1. The Morgan fingerprint density at radius 1 is 1.06 bits per heavy atom. The van der Waals surface area contributed by atoms with Crippen LogP contribution in [0.15, 0.2) is 53.3 Å². The van der Waals surface area contributed by atoms with Crippen LogP contribution in [-0.2, 0) is 18.6 Å². The zero-order valence-corrected chi connectivity index (χ0v) is 22.1. The minimum absolute atomic E-state index is 0.0783. The fourth-order valence-corrected chi connectivity index (χ4v) is 4.51. The van der Waals surface area contributed by atoms with Crippen LogP contribution in [0.25, 0.3) is 10.9 Å². The third-order valence-corrected chi connectivity index (χ3v) is 6.34. The van der Waals surface area contributed by atoms with Gasteiger partial charge in [-0.2, -0.15) is 0 Å². The summed E-state index contributed by atoms with van der Waals surface area (Å²) in [6.07, 6.45) is 0.794. The van der Waals surface area contributed by atoms with E-state index in [1.165, 1.54) is 11.1 Å². The third-order valence-electron chi connectivity index (χ3n) is 6.34. The Morgan fingerprint density at radius 3 is 2.47 bits per heavy atom. The van der Waals surface area contributed by atoms with Gasteiger partial charge >= 0.3 is 0 Å².